The van der Waals surface area contributed by atoms with E-state index in [4.69, 9.17) is 16.3 Å². The highest BCUT2D eigenvalue weighted by atomic mass is 35.5. The Morgan fingerprint density at radius 2 is 1.93 bits per heavy atom. The maximum absolute atomic E-state index is 12.6. The lowest BCUT2D eigenvalue weighted by Gasteiger charge is -2.13. The van der Waals surface area contributed by atoms with Gasteiger partial charge < -0.3 is 14.8 Å². The van der Waals surface area contributed by atoms with Crippen molar-refractivity contribution in [2.24, 2.45) is 0 Å². The van der Waals surface area contributed by atoms with Crippen LogP contribution in [0.2, 0.25) is 5.02 Å². The summed E-state index contributed by atoms with van der Waals surface area (Å²) in [5.41, 5.74) is 1.81. The summed E-state index contributed by atoms with van der Waals surface area (Å²) in [6, 6.07) is 13.2. The summed E-state index contributed by atoms with van der Waals surface area (Å²) in [7, 11) is 1.51. The highest BCUT2D eigenvalue weighted by molar-refractivity contribution is 6.33. The predicted octanol–water partition coefficient (Wildman–Crippen LogP) is 5.70. The number of ether oxygens (including phenoxy) is 2. The fourth-order valence-corrected chi connectivity index (χ4v) is 3.13. The number of hydrogen-bond donors (Lipinski definition) is 1. The standard InChI is InChI=1S/C21H15ClF2N4O2/c1-29-18-9-15-17(10-16(18)22)27-19(12-4-3-7-25-11-12)28-20(15)26-13-5-2-6-14(8-13)30-21(23)24/h2-11,21H,1H3,(H,26,27,28). The summed E-state index contributed by atoms with van der Waals surface area (Å²) in [6.07, 6.45) is 3.30. The van der Waals surface area contributed by atoms with Crippen LogP contribution in [0.15, 0.2) is 60.9 Å². The molecule has 2 heterocycles. The Labute approximate surface area is 175 Å². The fraction of sp³-hybridized carbons (Fsp3) is 0.0952. The third kappa shape index (κ3) is 4.23. The van der Waals surface area contributed by atoms with Gasteiger partial charge in [0.05, 0.1) is 17.6 Å². The van der Waals surface area contributed by atoms with Crippen molar-refractivity contribution in [3.05, 3.63) is 65.9 Å². The molecule has 0 spiro atoms. The molecular weight excluding hydrogens is 414 g/mol. The number of halogens is 3. The van der Waals surface area contributed by atoms with E-state index >= 15 is 0 Å². The first kappa shape index (κ1) is 19.8. The first-order valence-electron chi connectivity index (χ1n) is 8.81. The molecule has 6 nitrogen and oxygen atoms in total. The largest absolute Gasteiger partial charge is 0.495 e. The van der Waals surface area contributed by atoms with Crippen molar-refractivity contribution in [3.8, 4) is 22.9 Å². The van der Waals surface area contributed by atoms with Crippen LogP contribution < -0.4 is 14.8 Å². The number of anilines is 2. The molecule has 0 unspecified atom stereocenters. The van der Waals surface area contributed by atoms with Crippen LogP contribution in [-0.4, -0.2) is 28.7 Å². The minimum Gasteiger partial charge on any atom is -0.495 e. The third-order valence-electron chi connectivity index (χ3n) is 4.21. The van der Waals surface area contributed by atoms with Crippen molar-refractivity contribution in [1.29, 1.82) is 0 Å². The number of nitrogens with zero attached hydrogens (tertiary/aromatic N) is 3. The predicted molar refractivity (Wildman–Crippen MR) is 111 cm³/mol. The van der Waals surface area contributed by atoms with E-state index in [1.165, 1.54) is 19.2 Å². The monoisotopic (exact) mass is 428 g/mol. The molecule has 0 radical (unpaired) electrons. The van der Waals surface area contributed by atoms with E-state index < -0.39 is 6.61 Å². The van der Waals surface area contributed by atoms with Gasteiger partial charge in [0.1, 0.15) is 17.3 Å². The Bertz CT molecular complexity index is 1190. The van der Waals surface area contributed by atoms with Crippen LogP contribution in [-0.2, 0) is 0 Å². The highest BCUT2D eigenvalue weighted by Crippen LogP contribution is 2.35. The van der Waals surface area contributed by atoms with Crippen LogP contribution in [0.1, 0.15) is 0 Å². The molecule has 0 bridgehead atoms. The minimum absolute atomic E-state index is 0.0291. The Balaban J connectivity index is 1.84. The van der Waals surface area contributed by atoms with Gasteiger partial charge in [-0.25, -0.2) is 9.97 Å². The van der Waals surface area contributed by atoms with Crippen LogP contribution >= 0.6 is 11.6 Å². The summed E-state index contributed by atoms with van der Waals surface area (Å²) in [5, 5.41) is 4.19. The lowest BCUT2D eigenvalue weighted by Crippen LogP contribution is -2.03. The molecule has 0 amide bonds. The number of methoxy groups -OCH3 is 1. The second kappa shape index (κ2) is 8.46. The molecule has 2 aromatic heterocycles. The highest BCUT2D eigenvalue weighted by Gasteiger charge is 2.14. The number of pyridine rings is 1. The Kier molecular flexibility index (Phi) is 5.58. The normalized spacial score (nSPS) is 11.0. The van der Waals surface area contributed by atoms with Crippen molar-refractivity contribution in [2.75, 3.05) is 12.4 Å². The number of nitrogens with one attached hydrogen (secondary N) is 1. The third-order valence-corrected chi connectivity index (χ3v) is 4.51. The average molecular weight is 429 g/mol. The summed E-state index contributed by atoms with van der Waals surface area (Å²) in [6.45, 7) is -2.91. The lowest BCUT2D eigenvalue weighted by atomic mass is 10.2. The van der Waals surface area contributed by atoms with Crippen molar-refractivity contribution < 1.29 is 18.3 Å². The molecule has 1 N–H and O–H groups in total. The second-order valence-electron chi connectivity index (χ2n) is 6.17. The van der Waals surface area contributed by atoms with E-state index in [1.54, 1.807) is 42.7 Å². The fourth-order valence-electron chi connectivity index (χ4n) is 2.89. The quantitative estimate of drug-likeness (QED) is 0.425. The van der Waals surface area contributed by atoms with E-state index in [1.807, 2.05) is 6.07 Å². The van der Waals surface area contributed by atoms with E-state index in [0.717, 1.165) is 0 Å². The van der Waals surface area contributed by atoms with Gasteiger partial charge in [-0.1, -0.05) is 17.7 Å². The Morgan fingerprint density at radius 3 is 2.67 bits per heavy atom. The van der Waals surface area contributed by atoms with E-state index in [-0.39, 0.29) is 5.75 Å². The number of hydrogen-bond acceptors (Lipinski definition) is 6. The smallest absolute Gasteiger partial charge is 0.387 e. The Hall–Kier alpha value is -3.52. The molecule has 0 saturated carbocycles. The molecule has 30 heavy (non-hydrogen) atoms. The molecule has 152 valence electrons. The van der Waals surface area contributed by atoms with Crippen LogP contribution in [0.5, 0.6) is 11.5 Å². The Morgan fingerprint density at radius 1 is 1.07 bits per heavy atom. The molecule has 4 rings (SSSR count). The minimum atomic E-state index is -2.91. The topological polar surface area (TPSA) is 69.2 Å². The molecule has 9 heteroatoms. The molecule has 0 atom stereocenters. The molecule has 4 aromatic rings. The molecule has 0 aliphatic carbocycles. The number of alkyl halides is 2. The van der Waals surface area contributed by atoms with Gasteiger partial charge in [-0.3, -0.25) is 4.98 Å². The first-order valence-corrected chi connectivity index (χ1v) is 9.19. The molecule has 0 aliphatic heterocycles. The van der Waals surface area contributed by atoms with Crippen LogP contribution in [0.4, 0.5) is 20.3 Å². The zero-order valence-electron chi connectivity index (χ0n) is 15.6. The number of fused-ring (bicyclic) bond motifs is 1. The SMILES string of the molecule is COc1cc2c(Nc3cccc(OC(F)F)c3)nc(-c3cccnc3)nc2cc1Cl. The van der Waals surface area contributed by atoms with Gasteiger partial charge in [-0.15, -0.1) is 0 Å². The average Bonchev–Trinajstić information content (AvgIpc) is 2.73. The van der Waals surface area contributed by atoms with Gasteiger partial charge >= 0.3 is 6.61 Å². The van der Waals surface area contributed by atoms with E-state index in [2.05, 4.69) is 25.0 Å². The van der Waals surface area contributed by atoms with Gasteiger partial charge in [0.2, 0.25) is 0 Å². The summed E-state index contributed by atoms with van der Waals surface area (Å²) in [4.78, 5) is 13.3. The van der Waals surface area contributed by atoms with E-state index in [9.17, 15) is 8.78 Å². The maximum Gasteiger partial charge on any atom is 0.387 e. The number of aromatic nitrogens is 3. The molecule has 0 aliphatic rings. The zero-order valence-corrected chi connectivity index (χ0v) is 16.4. The zero-order chi connectivity index (χ0) is 21.1. The first-order chi connectivity index (χ1) is 14.5. The van der Waals surface area contributed by atoms with Gasteiger partial charge in [0.15, 0.2) is 5.82 Å². The summed E-state index contributed by atoms with van der Waals surface area (Å²) >= 11 is 6.28. The van der Waals surface area contributed by atoms with Crippen LogP contribution in [0.25, 0.3) is 22.3 Å². The van der Waals surface area contributed by atoms with Crippen LogP contribution in [0, 0.1) is 0 Å². The van der Waals surface area contributed by atoms with E-state index in [0.29, 0.717) is 44.6 Å². The van der Waals surface area contributed by atoms with Crippen molar-refractivity contribution >= 4 is 34.0 Å². The summed E-state index contributed by atoms with van der Waals surface area (Å²) < 4.78 is 34.9. The van der Waals surface area contributed by atoms with Gasteiger partial charge in [0, 0.05) is 35.1 Å². The maximum atomic E-state index is 12.6. The van der Waals surface area contributed by atoms with Crippen LogP contribution in [0.3, 0.4) is 0 Å². The molecule has 0 saturated heterocycles. The van der Waals surface area contributed by atoms with Crippen molar-refractivity contribution in [3.63, 3.8) is 0 Å². The number of rotatable bonds is 6. The van der Waals surface area contributed by atoms with Crippen molar-refractivity contribution in [1.82, 2.24) is 15.0 Å². The molecule has 0 fully saturated rings. The van der Waals surface area contributed by atoms with Gasteiger partial charge in [-0.2, -0.15) is 8.78 Å². The molecular formula is C21H15ClF2N4O2. The second-order valence-corrected chi connectivity index (χ2v) is 6.58. The lowest BCUT2D eigenvalue weighted by molar-refractivity contribution is -0.0498. The van der Waals surface area contributed by atoms with Crippen molar-refractivity contribution in [2.45, 2.75) is 6.61 Å². The van der Waals surface area contributed by atoms with Gasteiger partial charge in [0.25, 0.3) is 0 Å². The molecule has 2 aromatic carbocycles. The summed E-state index contributed by atoms with van der Waals surface area (Å²) in [5.74, 6) is 1.36. The number of benzene rings is 2. The van der Waals surface area contributed by atoms with Gasteiger partial charge in [-0.05, 0) is 36.4 Å².